The van der Waals surface area contributed by atoms with E-state index in [2.05, 4.69) is 34.1 Å². The topological polar surface area (TPSA) is 73.4 Å². The van der Waals surface area contributed by atoms with Gasteiger partial charge in [-0.25, -0.2) is 4.98 Å². The Hall–Kier alpha value is -5.02. The average Bonchev–Trinajstić information content (AvgIpc) is 3.16. The largest absolute Gasteiger partial charge is 0.493 e. The predicted molar refractivity (Wildman–Crippen MR) is 201 cm³/mol. The van der Waals surface area contributed by atoms with Crippen LogP contribution in [-0.4, -0.2) is 60.6 Å². The van der Waals surface area contributed by atoms with Crippen molar-refractivity contribution >= 4 is 35.2 Å². The number of piperazine rings is 1. The molecular weight excluding hydrogens is 685 g/mol. The summed E-state index contributed by atoms with van der Waals surface area (Å²) in [6, 6.07) is 32.6. The third-order valence-electron chi connectivity index (χ3n) is 8.47. The van der Waals surface area contributed by atoms with Crippen LogP contribution < -0.4 is 18.9 Å². The normalized spacial score (nSPS) is 13.3. The van der Waals surface area contributed by atoms with Gasteiger partial charge in [-0.3, -0.25) is 9.69 Å². The second kappa shape index (κ2) is 17.8. The number of pyridine rings is 1. The summed E-state index contributed by atoms with van der Waals surface area (Å²) in [5.74, 6) is 2.83. The van der Waals surface area contributed by atoms with Crippen LogP contribution in [0.25, 0.3) is 6.08 Å². The molecule has 5 aromatic rings. The van der Waals surface area contributed by atoms with Crippen molar-refractivity contribution in [3.63, 3.8) is 0 Å². The molecule has 0 aliphatic carbocycles. The van der Waals surface area contributed by atoms with Crippen molar-refractivity contribution in [1.82, 2.24) is 14.8 Å². The van der Waals surface area contributed by atoms with E-state index in [-0.39, 0.29) is 5.91 Å². The number of halogens is 2. The highest BCUT2D eigenvalue weighted by Crippen LogP contribution is 2.32. The van der Waals surface area contributed by atoms with Gasteiger partial charge in [0.05, 0.1) is 19.9 Å². The van der Waals surface area contributed by atoms with Gasteiger partial charge in [0.1, 0.15) is 18.1 Å². The van der Waals surface area contributed by atoms with Crippen LogP contribution in [0.4, 0.5) is 0 Å². The van der Waals surface area contributed by atoms with Crippen molar-refractivity contribution in [3.05, 3.63) is 148 Å². The van der Waals surface area contributed by atoms with E-state index in [9.17, 15) is 4.79 Å². The number of aromatic nitrogens is 1. The van der Waals surface area contributed by atoms with Gasteiger partial charge in [-0.1, -0.05) is 71.7 Å². The lowest BCUT2D eigenvalue weighted by Crippen LogP contribution is -2.47. The zero-order valence-electron chi connectivity index (χ0n) is 28.3. The molecule has 4 aromatic carbocycles. The first-order valence-electron chi connectivity index (χ1n) is 16.8. The van der Waals surface area contributed by atoms with Crippen LogP contribution in [0.1, 0.15) is 22.3 Å². The fraction of sp³-hybridized carbons (Fsp3) is 0.220. The van der Waals surface area contributed by atoms with Crippen molar-refractivity contribution in [3.8, 4) is 28.9 Å². The Kier molecular flexibility index (Phi) is 12.5. The highest BCUT2D eigenvalue weighted by molar-refractivity contribution is 6.31. The van der Waals surface area contributed by atoms with Crippen LogP contribution in [0.2, 0.25) is 10.0 Å². The number of hydrogen-bond acceptors (Lipinski definition) is 7. The molecule has 1 saturated heterocycles. The number of hydrogen-bond donors (Lipinski definition) is 0. The van der Waals surface area contributed by atoms with E-state index in [1.54, 1.807) is 43.7 Å². The Bertz CT molecular complexity index is 1910. The predicted octanol–water partition coefficient (Wildman–Crippen LogP) is 8.75. The number of carbonyl (C=O) groups is 1. The van der Waals surface area contributed by atoms with Crippen LogP contribution in [0.5, 0.6) is 28.9 Å². The molecule has 0 atom stereocenters. The van der Waals surface area contributed by atoms with Crippen LogP contribution in [0.3, 0.4) is 0 Å². The zero-order chi connectivity index (χ0) is 35.4. The Morgan fingerprint density at radius 3 is 2.27 bits per heavy atom. The second-order valence-electron chi connectivity index (χ2n) is 12.0. The molecule has 1 aliphatic heterocycles. The van der Waals surface area contributed by atoms with E-state index in [1.165, 1.54) is 11.1 Å². The van der Waals surface area contributed by atoms with E-state index in [0.29, 0.717) is 59.5 Å². The molecule has 1 fully saturated rings. The summed E-state index contributed by atoms with van der Waals surface area (Å²) < 4.78 is 23.2. The lowest BCUT2D eigenvalue weighted by molar-refractivity contribution is -0.127. The first-order valence-corrected chi connectivity index (χ1v) is 17.5. The van der Waals surface area contributed by atoms with Gasteiger partial charge in [0.2, 0.25) is 11.8 Å². The number of ether oxygens (including phenoxy) is 4. The quantitative estimate of drug-likeness (QED) is 0.106. The Balaban J connectivity index is 0.931. The minimum Gasteiger partial charge on any atom is -0.493 e. The highest BCUT2D eigenvalue weighted by Gasteiger charge is 2.20. The molecule has 1 amide bonds. The smallest absolute Gasteiger partial charge is 0.246 e. The molecular formula is C41H39Cl2N3O5. The monoisotopic (exact) mass is 723 g/mol. The number of methoxy groups -OCH3 is 1. The molecule has 0 bridgehead atoms. The molecule has 51 heavy (non-hydrogen) atoms. The number of carbonyl (C=O) groups excluding carboxylic acids is 1. The standard InChI is InChI=1S/C41H39Cl2N3O5/c1-48-39-26-31(10-17-38(39)51-40-18-16-36(27-44-40)50-29-33-4-2-3-5-37(33)43)11-19-41(47)46-23-21-45(22-24-46)28-32-8-6-30(7-9-32)20-25-49-35-14-12-34(42)13-15-35/h2-19,26-27H,20-25,28-29H2,1H3. The van der Waals surface area contributed by atoms with Crippen molar-refractivity contribution in [2.75, 3.05) is 39.9 Å². The second-order valence-corrected chi connectivity index (χ2v) is 12.9. The van der Waals surface area contributed by atoms with E-state index in [1.807, 2.05) is 65.6 Å². The molecule has 0 spiro atoms. The van der Waals surface area contributed by atoms with Gasteiger partial charge in [-0.05, 0) is 71.3 Å². The SMILES string of the molecule is COc1cc(C=CC(=O)N2CCN(Cc3ccc(CCOc4ccc(Cl)cc4)cc3)CC2)ccc1Oc1ccc(OCc2ccccc2Cl)cn1. The highest BCUT2D eigenvalue weighted by atomic mass is 35.5. The number of rotatable bonds is 14. The molecule has 0 radical (unpaired) electrons. The number of amides is 1. The molecule has 2 heterocycles. The maximum Gasteiger partial charge on any atom is 0.246 e. The molecule has 1 aliphatic rings. The molecule has 1 aromatic heterocycles. The summed E-state index contributed by atoms with van der Waals surface area (Å²) in [5, 5.41) is 1.35. The van der Waals surface area contributed by atoms with Gasteiger partial charge >= 0.3 is 0 Å². The summed E-state index contributed by atoms with van der Waals surface area (Å²) in [6.45, 7) is 4.78. The van der Waals surface area contributed by atoms with Crippen molar-refractivity contribution in [1.29, 1.82) is 0 Å². The molecule has 0 unspecified atom stereocenters. The Morgan fingerprint density at radius 2 is 1.55 bits per heavy atom. The minimum atomic E-state index is -0.0137. The van der Waals surface area contributed by atoms with Gasteiger partial charge in [0, 0.05) is 66.9 Å². The van der Waals surface area contributed by atoms with Gasteiger partial charge in [0.25, 0.3) is 0 Å². The van der Waals surface area contributed by atoms with Crippen LogP contribution in [0.15, 0.2) is 115 Å². The minimum absolute atomic E-state index is 0.0137. The molecule has 262 valence electrons. The Morgan fingerprint density at radius 1 is 0.804 bits per heavy atom. The van der Waals surface area contributed by atoms with Gasteiger partial charge in [-0.15, -0.1) is 0 Å². The molecule has 8 nitrogen and oxygen atoms in total. The summed E-state index contributed by atoms with van der Waals surface area (Å²) in [4.78, 5) is 21.7. The van der Waals surface area contributed by atoms with Gasteiger partial charge in [-0.2, -0.15) is 0 Å². The Labute approximate surface area is 308 Å². The van der Waals surface area contributed by atoms with Crippen LogP contribution in [-0.2, 0) is 24.4 Å². The fourth-order valence-electron chi connectivity index (χ4n) is 5.56. The first-order chi connectivity index (χ1) is 24.9. The first kappa shape index (κ1) is 35.8. The third kappa shape index (κ3) is 10.5. The lowest BCUT2D eigenvalue weighted by Gasteiger charge is -2.34. The summed E-state index contributed by atoms with van der Waals surface area (Å²) in [5.41, 5.74) is 4.20. The van der Waals surface area contributed by atoms with Gasteiger partial charge < -0.3 is 23.8 Å². The number of benzene rings is 4. The van der Waals surface area contributed by atoms with Gasteiger partial charge in [0.15, 0.2) is 11.5 Å². The molecule has 0 saturated carbocycles. The summed E-state index contributed by atoms with van der Waals surface area (Å²) in [7, 11) is 1.58. The maximum absolute atomic E-state index is 13.0. The van der Waals surface area contributed by atoms with Crippen molar-refractivity contribution in [2.24, 2.45) is 0 Å². The molecule has 6 rings (SSSR count). The van der Waals surface area contributed by atoms with Crippen LogP contribution in [0, 0.1) is 0 Å². The summed E-state index contributed by atoms with van der Waals surface area (Å²) >= 11 is 12.2. The molecule has 10 heteroatoms. The average molecular weight is 725 g/mol. The van der Waals surface area contributed by atoms with E-state index in [0.717, 1.165) is 42.9 Å². The third-order valence-corrected chi connectivity index (χ3v) is 9.09. The lowest BCUT2D eigenvalue weighted by atomic mass is 10.1. The number of nitrogens with zero attached hydrogens (tertiary/aromatic N) is 3. The van der Waals surface area contributed by atoms with Crippen molar-refractivity contribution in [2.45, 2.75) is 19.6 Å². The zero-order valence-corrected chi connectivity index (χ0v) is 29.9. The maximum atomic E-state index is 13.0. The molecule has 0 N–H and O–H groups in total. The van der Waals surface area contributed by atoms with Crippen LogP contribution >= 0.6 is 23.2 Å². The fourth-order valence-corrected chi connectivity index (χ4v) is 5.88. The van der Waals surface area contributed by atoms with Crippen molar-refractivity contribution < 1.29 is 23.7 Å². The van der Waals surface area contributed by atoms with E-state index in [4.69, 9.17) is 42.1 Å². The van der Waals surface area contributed by atoms with E-state index < -0.39 is 0 Å². The van der Waals surface area contributed by atoms with E-state index >= 15 is 0 Å². The summed E-state index contributed by atoms with van der Waals surface area (Å²) in [6.07, 6.45) is 5.84.